The van der Waals surface area contributed by atoms with E-state index in [9.17, 15) is 18.0 Å². The fourth-order valence-corrected chi connectivity index (χ4v) is 2.70. The first-order valence-electron chi connectivity index (χ1n) is 8.46. The van der Waals surface area contributed by atoms with Gasteiger partial charge in [-0.05, 0) is 19.8 Å². The summed E-state index contributed by atoms with van der Waals surface area (Å²) in [5.41, 5.74) is 5.67. The standard InChI is InChI=1S/C16H28F3NO4/c1-3-4-6-12-11(2)24-15(21)13(20)9-22-10-14(12)23-8-5-7-16(17,18)19/h11-14H,3-10,20H2,1-2H3/t11-,12-,13-,14-/m0/s1. The lowest BCUT2D eigenvalue weighted by Crippen LogP contribution is -2.39. The van der Waals surface area contributed by atoms with Gasteiger partial charge in [0, 0.05) is 18.9 Å². The Hall–Kier alpha value is -0.860. The van der Waals surface area contributed by atoms with Gasteiger partial charge in [0.25, 0.3) is 0 Å². The van der Waals surface area contributed by atoms with E-state index in [4.69, 9.17) is 19.9 Å². The van der Waals surface area contributed by atoms with Gasteiger partial charge in [-0.15, -0.1) is 0 Å². The molecule has 2 N–H and O–H groups in total. The second-order valence-electron chi connectivity index (χ2n) is 6.22. The van der Waals surface area contributed by atoms with E-state index >= 15 is 0 Å². The third kappa shape index (κ3) is 7.81. The van der Waals surface area contributed by atoms with Crippen molar-refractivity contribution in [2.45, 2.75) is 70.4 Å². The summed E-state index contributed by atoms with van der Waals surface area (Å²) in [6.07, 6.45) is -3.41. The van der Waals surface area contributed by atoms with E-state index in [1.54, 1.807) is 6.92 Å². The van der Waals surface area contributed by atoms with E-state index in [0.717, 1.165) is 19.3 Å². The molecule has 0 aromatic rings. The molecule has 24 heavy (non-hydrogen) atoms. The summed E-state index contributed by atoms with van der Waals surface area (Å²) in [5, 5.41) is 0. The Morgan fingerprint density at radius 1 is 1.29 bits per heavy atom. The van der Waals surface area contributed by atoms with Crippen LogP contribution in [-0.4, -0.2) is 50.2 Å². The molecule has 5 nitrogen and oxygen atoms in total. The first kappa shape index (κ1) is 21.2. The number of cyclic esters (lactones) is 1. The topological polar surface area (TPSA) is 70.8 Å². The first-order chi connectivity index (χ1) is 11.2. The minimum atomic E-state index is -4.19. The molecule has 4 atom stereocenters. The lowest BCUT2D eigenvalue weighted by atomic mass is 9.91. The fraction of sp³-hybridized carbons (Fsp3) is 0.938. The van der Waals surface area contributed by atoms with Crippen LogP contribution in [0.2, 0.25) is 0 Å². The number of hydrogen-bond acceptors (Lipinski definition) is 5. The van der Waals surface area contributed by atoms with Crippen molar-refractivity contribution in [1.29, 1.82) is 0 Å². The average molecular weight is 355 g/mol. The highest BCUT2D eigenvalue weighted by Crippen LogP contribution is 2.26. The van der Waals surface area contributed by atoms with E-state index in [2.05, 4.69) is 0 Å². The maximum absolute atomic E-state index is 12.2. The molecule has 1 fully saturated rings. The van der Waals surface area contributed by atoms with Crippen molar-refractivity contribution >= 4 is 5.97 Å². The molecule has 0 bridgehead atoms. The Labute approximate surface area is 141 Å². The van der Waals surface area contributed by atoms with Crippen molar-refractivity contribution in [3.8, 4) is 0 Å². The minimum Gasteiger partial charge on any atom is -0.461 e. The van der Waals surface area contributed by atoms with Crippen LogP contribution in [0.15, 0.2) is 0 Å². The molecule has 0 unspecified atom stereocenters. The second kappa shape index (κ2) is 10.2. The normalized spacial score (nSPS) is 29.5. The molecule has 0 amide bonds. The molecule has 0 saturated carbocycles. The van der Waals surface area contributed by atoms with Gasteiger partial charge in [0.1, 0.15) is 12.1 Å². The zero-order chi connectivity index (χ0) is 18.2. The predicted octanol–water partition coefficient (Wildman–Crippen LogP) is 2.81. The monoisotopic (exact) mass is 355 g/mol. The van der Waals surface area contributed by atoms with Crippen molar-refractivity contribution < 1.29 is 32.2 Å². The highest BCUT2D eigenvalue weighted by Gasteiger charge is 2.33. The van der Waals surface area contributed by atoms with Crippen LogP contribution in [0.25, 0.3) is 0 Å². The third-order valence-electron chi connectivity index (χ3n) is 4.09. The lowest BCUT2D eigenvalue weighted by molar-refractivity contribution is -0.156. The van der Waals surface area contributed by atoms with Gasteiger partial charge in [0.15, 0.2) is 0 Å². The van der Waals surface area contributed by atoms with Gasteiger partial charge in [-0.2, -0.15) is 13.2 Å². The Morgan fingerprint density at radius 3 is 2.62 bits per heavy atom. The molecule has 1 saturated heterocycles. The van der Waals surface area contributed by atoms with Gasteiger partial charge >= 0.3 is 12.1 Å². The molecule has 0 radical (unpaired) electrons. The van der Waals surface area contributed by atoms with E-state index in [-0.39, 0.29) is 32.2 Å². The smallest absolute Gasteiger partial charge is 0.389 e. The van der Waals surface area contributed by atoms with E-state index < -0.39 is 36.8 Å². The lowest BCUT2D eigenvalue weighted by Gasteiger charge is -2.30. The molecule has 8 heteroatoms. The van der Waals surface area contributed by atoms with Crippen LogP contribution in [0.5, 0.6) is 0 Å². The molecule has 1 heterocycles. The maximum Gasteiger partial charge on any atom is 0.389 e. The van der Waals surface area contributed by atoms with Crippen LogP contribution in [0, 0.1) is 5.92 Å². The highest BCUT2D eigenvalue weighted by atomic mass is 19.4. The van der Waals surface area contributed by atoms with E-state index in [0.29, 0.717) is 0 Å². The number of hydrogen-bond donors (Lipinski definition) is 1. The molecule has 0 aliphatic carbocycles. The van der Waals surface area contributed by atoms with Crippen LogP contribution >= 0.6 is 0 Å². The minimum absolute atomic E-state index is 0.00840. The number of ether oxygens (including phenoxy) is 3. The molecule has 0 aromatic heterocycles. The number of unbranched alkanes of at least 4 members (excludes halogenated alkanes) is 1. The largest absolute Gasteiger partial charge is 0.461 e. The van der Waals surface area contributed by atoms with Gasteiger partial charge in [0.05, 0.1) is 19.3 Å². The predicted molar refractivity (Wildman–Crippen MR) is 82.4 cm³/mol. The third-order valence-corrected chi connectivity index (χ3v) is 4.09. The molecule has 1 aliphatic rings. The van der Waals surface area contributed by atoms with E-state index in [1.165, 1.54) is 0 Å². The summed E-state index contributed by atoms with van der Waals surface area (Å²) < 4.78 is 53.2. The number of halogens is 3. The first-order valence-corrected chi connectivity index (χ1v) is 8.46. The summed E-state index contributed by atoms with van der Waals surface area (Å²) in [5.74, 6) is -0.660. The molecular weight excluding hydrogens is 327 g/mol. The molecular formula is C16H28F3NO4. The Morgan fingerprint density at radius 2 is 2.00 bits per heavy atom. The number of rotatable bonds is 7. The highest BCUT2D eigenvalue weighted by molar-refractivity contribution is 5.75. The zero-order valence-corrected chi connectivity index (χ0v) is 14.3. The van der Waals surface area contributed by atoms with Crippen LogP contribution in [0.4, 0.5) is 13.2 Å². The Bertz CT molecular complexity index is 379. The van der Waals surface area contributed by atoms with Gasteiger partial charge in [-0.25, -0.2) is 0 Å². The fourth-order valence-electron chi connectivity index (χ4n) is 2.70. The average Bonchev–Trinajstić information content (AvgIpc) is 2.53. The van der Waals surface area contributed by atoms with Crippen LogP contribution in [-0.2, 0) is 19.0 Å². The van der Waals surface area contributed by atoms with Gasteiger partial charge in [-0.3, -0.25) is 4.79 Å². The molecule has 0 spiro atoms. The van der Waals surface area contributed by atoms with Crippen LogP contribution < -0.4 is 5.73 Å². The SMILES string of the molecule is CCCC[C@H]1[C@H](C)OC(=O)[C@@H](N)COC[C@@H]1OCCCC(F)(F)F. The quantitative estimate of drug-likeness (QED) is 0.562. The second-order valence-corrected chi connectivity index (χ2v) is 6.22. The Kier molecular flexibility index (Phi) is 9.01. The number of nitrogens with two attached hydrogens (primary N) is 1. The van der Waals surface area contributed by atoms with E-state index in [1.807, 2.05) is 6.92 Å². The number of carbonyl (C=O) groups excluding carboxylic acids is 1. The van der Waals surface area contributed by atoms with Crippen LogP contribution in [0.1, 0.15) is 46.0 Å². The zero-order valence-electron chi connectivity index (χ0n) is 14.3. The van der Waals surface area contributed by atoms with Crippen molar-refractivity contribution in [2.75, 3.05) is 19.8 Å². The van der Waals surface area contributed by atoms with Gasteiger partial charge in [0.2, 0.25) is 0 Å². The maximum atomic E-state index is 12.2. The molecule has 1 aliphatic heterocycles. The van der Waals surface area contributed by atoms with Crippen molar-refractivity contribution in [3.63, 3.8) is 0 Å². The van der Waals surface area contributed by atoms with Crippen molar-refractivity contribution in [1.82, 2.24) is 0 Å². The van der Waals surface area contributed by atoms with Crippen molar-refractivity contribution in [2.24, 2.45) is 11.7 Å². The Balaban J connectivity index is 2.68. The summed E-state index contributed by atoms with van der Waals surface area (Å²) in [6, 6.07) is -0.858. The van der Waals surface area contributed by atoms with Gasteiger partial charge in [-0.1, -0.05) is 19.8 Å². The molecule has 0 aromatic carbocycles. The number of carbonyl (C=O) groups is 1. The summed E-state index contributed by atoms with van der Waals surface area (Å²) >= 11 is 0. The molecule has 1 rings (SSSR count). The number of alkyl halides is 3. The molecule has 142 valence electrons. The summed E-state index contributed by atoms with van der Waals surface area (Å²) in [7, 11) is 0. The summed E-state index contributed by atoms with van der Waals surface area (Å²) in [4.78, 5) is 11.8. The van der Waals surface area contributed by atoms with Crippen LogP contribution in [0.3, 0.4) is 0 Å². The number of esters is 1. The van der Waals surface area contributed by atoms with Crippen molar-refractivity contribution in [3.05, 3.63) is 0 Å². The van der Waals surface area contributed by atoms with Gasteiger partial charge < -0.3 is 19.9 Å². The summed E-state index contributed by atoms with van der Waals surface area (Å²) in [6.45, 7) is 3.99.